The molecule has 1 amide bonds. The van der Waals surface area contributed by atoms with Crippen molar-refractivity contribution in [1.82, 2.24) is 25.5 Å². The molecule has 1 aromatic carbocycles. The number of hydrogen-bond donors (Lipinski definition) is 4. The molecule has 0 saturated carbocycles. The number of unbranched alkanes of at least 4 members (excludes halogenated alkanes) is 1. The summed E-state index contributed by atoms with van der Waals surface area (Å²) in [7, 11) is -1.77. The Labute approximate surface area is 174 Å². The maximum absolute atomic E-state index is 12.1. The van der Waals surface area contributed by atoms with E-state index in [-0.39, 0.29) is 31.5 Å². The monoisotopic (exact) mass is 432 g/mol. The number of aromatic nitrogens is 4. The van der Waals surface area contributed by atoms with Crippen LogP contribution in [0.15, 0.2) is 24.3 Å². The van der Waals surface area contributed by atoms with Gasteiger partial charge in [0.2, 0.25) is 5.91 Å². The summed E-state index contributed by atoms with van der Waals surface area (Å²) in [5.41, 5.74) is 6.98. The lowest BCUT2D eigenvalue weighted by atomic mass is 10.1. The van der Waals surface area contributed by atoms with Gasteiger partial charge in [-0.1, -0.05) is 23.7 Å². The molecule has 13 heteroatoms. The maximum Gasteiger partial charge on any atom is 0.633 e. The minimum atomic E-state index is -1.77. The van der Waals surface area contributed by atoms with Crippen molar-refractivity contribution in [2.45, 2.75) is 38.4 Å². The van der Waals surface area contributed by atoms with Gasteiger partial charge >= 0.3 is 7.32 Å². The molecule has 0 radical (unpaired) electrons. The van der Waals surface area contributed by atoms with E-state index in [9.17, 15) is 4.79 Å². The molecule has 0 aliphatic rings. The second-order valence-electron chi connectivity index (χ2n) is 5.90. The van der Waals surface area contributed by atoms with Gasteiger partial charge in [0.25, 0.3) is 0 Å². The van der Waals surface area contributed by atoms with Gasteiger partial charge in [-0.15, -0.1) is 17.5 Å². The fourth-order valence-electron chi connectivity index (χ4n) is 2.41. The zero-order valence-corrected chi connectivity index (χ0v) is 16.6. The van der Waals surface area contributed by atoms with Gasteiger partial charge in [0, 0.05) is 18.2 Å². The summed E-state index contributed by atoms with van der Waals surface area (Å²) < 4.78 is 5.99. The van der Waals surface area contributed by atoms with Gasteiger partial charge in [0.05, 0.1) is 6.04 Å². The number of amides is 1. The zero-order chi connectivity index (χ0) is 19.6. The van der Waals surface area contributed by atoms with Crippen LogP contribution in [0, 0.1) is 0 Å². The van der Waals surface area contributed by atoms with E-state index in [1.165, 1.54) is 4.68 Å². The van der Waals surface area contributed by atoms with E-state index in [4.69, 9.17) is 27.4 Å². The van der Waals surface area contributed by atoms with Gasteiger partial charge in [-0.25, -0.2) is 4.68 Å². The van der Waals surface area contributed by atoms with E-state index in [1.54, 1.807) is 12.1 Å². The lowest BCUT2D eigenvalue weighted by Gasteiger charge is -2.12. The number of rotatable bonds is 11. The third kappa shape index (κ3) is 8.51. The summed E-state index contributed by atoms with van der Waals surface area (Å²) in [5, 5.41) is 31.9. The van der Waals surface area contributed by atoms with Crippen molar-refractivity contribution in [3.05, 3.63) is 40.7 Å². The van der Waals surface area contributed by atoms with E-state index < -0.39 is 13.4 Å². The van der Waals surface area contributed by atoms with Crippen molar-refractivity contribution >= 4 is 37.2 Å². The Hall–Kier alpha value is -1.76. The van der Waals surface area contributed by atoms with Crippen molar-refractivity contribution < 1.29 is 19.5 Å². The second-order valence-corrected chi connectivity index (χ2v) is 6.34. The average molecular weight is 433 g/mol. The molecule has 0 bridgehead atoms. The van der Waals surface area contributed by atoms with Crippen LogP contribution in [0.2, 0.25) is 5.02 Å². The lowest BCUT2D eigenvalue weighted by Crippen LogP contribution is -2.29. The molecular formula is C15H23BCl2N6O4. The van der Waals surface area contributed by atoms with Gasteiger partial charge in [-0.05, 0) is 47.4 Å². The van der Waals surface area contributed by atoms with Gasteiger partial charge in [-0.2, -0.15) is 0 Å². The first-order chi connectivity index (χ1) is 13.0. The Bertz CT molecular complexity index is 736. The predicted molar refractivity (Wildman–Crippen MR) is 105 cm³/mol. The van der Waals surface area contributed by atoms with Gasteiger partial charge < -0.3 is 25.8 Å². The predicted octanol–water partition coefficient (Wildman–Crippen LogP) is 0.221. The minimum absolute atomic E-state index is 0. The van der Waals surface area contributed by atoms with Crippen molar-refractivity contribution in [3.63, 3.8) is 0 Å². The molecule has 1 aromatic heterocycles. The Morgan fingerprint density at radius 3 is 2.89 bits per heavy atom. The van der Waals surface area contributed by atoms with E-state index in [0.717, 1.165) is 5.56 Å². The van der Waals surface area contributed by atoms with E-state index in [0.29, 0.717) is 36.7 Å². The van der Waals surface area contributed by atoms with Gasteiger partial charge in [-0.3, -0.25) is 4.79 Å². The summed E-state index contributed by atoms with van der Waals surface area (Å²) in [6, 6.07) is 6.78. The molecule has 0 fully saturated rings. The number of carbonyl (C=O) groups is 1. The molecule has 0 saturated heterocycles. The SMILES string of the molecule is Cl.NC(CCCCOB(O)O)c1nnnn1CC(=O)NCc1cccc(Cl)c1. The number of halogens is 2. The molecule has 5 N–H and O–H groups in total. The molecule has 0 aliphatic heterocycles. The molecule has 1 heterocycles. The van der Waals surface area contributed by atoms with Crippen LogP contribution in [-0.2, 0) is 22.5 Å². The molecule has 0 aliphatic carbocycles. The smallest absolute Gasteiger partial charge is 0.402 e. The first-order valence-electron chi connectivity index (χ1n) is 8.46. The number of hydrogen-bond acceptors (Lipinski definition) is 8. The molecule has 10 nitrogen and oxygen atoms in total. The Morgan fingerprint density at radius 1 is 1.39 bits per heavy atom. The summed E-state index contributed by atoms with van der Waals surface area (Å²) >= 11 is 5.92. The Balaban J connectivity index is 0.00000392. The highest BCUT2D eigenvalue weighted by Gasteiger charge is 2.17. The Kier molecular flexibility index (Phi) is 11.0. The normalized spacial score (nSPS) is 11.6. The van der Waals surface area contributed by atoms with Crippen LogP contribution in [0.1, 0.15) is 36.7 Å². The first kappa shape index (κ1) is 24.3. The summed E-state index contributed by atoms with van der Waals surface area (Å²) in [6.45, 7) is 0.511. The number of nitrogens with two attached hydrogens (primary N) is 1. The molecule has 2 rings (SSSR count). The number of tetrazole rings is 1. The highest BCUT2D eigenvalue weighted by Crippen LogP contribution is 2.14. The number of carbonyl (C=O) groups excluding carboxylic acids is 1. The average Bonchev–Trinajstić information content (AvgIpc) is 3.07. The van der Waals surface area contributed by atoms with Crippen LogP contribution in [0.4, 0.5) is 0 Å². The van der Waals surface area contributed by atoms with E-state index in [1.807, 2.05) is 12.1 Å². The largest absolute Gasteiger partial charge is 0.633 e. The van der Waals surface area contributed by atoms with Crippen molar-refractivity contribution in [3.8, 4) is 0 Å². The third-order valence-corrected chi connectivity index (χ3v) is 3.97. The van der Waals surface area contributed by atoms with Crippen LogP contribution in [0.3, 0.4) is 0 Å². The summed E-state index contributed by atoms with van der Waals surface area (Å²) in [6.07, 6.45) is 1.85. The fourth-order valence-corrected chi connectivity index (χ4v) is 2.63. The maximum atomic E-state index is 12.1. The van der Waals surface area contributed by atoms with Gasteiger partial charge in [0.15, 0.2) is 5.82 Å². The minimum Gasteiger partial charge on any atom is -0.402 e. The van der Waals surface area contributed by atoms with Crippen LogP contribution in [-0.4, -0.2) is 50.1 Å². The number of nitrogens with one attached hydrogen (secondary N) is 1. The lowest BCUT2D eigenvalue weighted by molar-refractivity contribution is -0.122. The van der Waals surface area contributed by atoms with E-state index in [2.05, 4.69) is 25.5 Å². The number of benzene rings is 1. The van der Waals surface area contributed by atoms with Gasteiger partial charge in [0.1, 0.15) is 6.54 Å². The molecular weight excluding hydrogens is 410 g/mol. The van der Waals surface area contributed by atoms with Crippen molar-refractivity contribution in [2.24, 2.45) is 5.73 Å². The Morgan fingerprint density at radius 2 is 2.18 bits per heavy atom. The molecule has 1 atom stereocenters. The molecule has 2 aromatic rings. The summed E-state index contributed by atoms with van der Waals surface area (Å²) in [5.74, 6) is 0.164. The van der Waals surface area contributed by atoms with Crippen molar-refractivity contribution in [1.29, 1.82) is 0 Å². The molecule has 154 valence electrons. The second kappa shape index (κ2) is 12.7. The zero-order valence-electron chi connectivity index (χ0n) is 15.1. The van der Waals surface area contributed by atoms with Crippen LogP contribution < -0.4 is 11.1 Å². The molecule has 1 unspecified atom stereocenters. The van der Waals surface area contributed by atoms with Crippen LogP contribution in [0.25, 0.3) is 0 Å². The highest BCUT2D eigenvalue weighted by atomic mass is 35.5. The van der Waals surface area contributed by atoms with Crippen LogP contribution >= 0.6 is 24.0 Å². The van der Waals surface area contributed by atoms with E-state index >= 15 is 0 Å². The molecule has 28 heavy (non-hydrogen) atoms. The summed E-state index contributed by atoms with van der Waals surface area (Å²) in [4.78, 5) is 12.1. The number of nitrogens with zero attached hydrogens (tertiary/aromatic N) is 4. The van der Waals surface area contributed by atoms with Crippen LogP contribution in [0.5, 0.6) is 0 Å². The third-order valence-electron chi connectivity index (χ3n) is 3.74. The topological polar surface area (TPSA) is 148 Å². The quantitative estimate of drug-likeness (QED) is 0.291. The first-order valence-corrected chi connectivity index (χ1v) is 8.84. The standard InChI is InChI=1S/C15H22BClN6O4.ClH/c17-12-5-3-4-11(8-12)9-19-14(24)10-23-15(20-21-22-23)13(18)6-1-2-7-27-16(25)26;/h3-5,8,13,25-26H,1-2,6-7,9-10,18H2,(H,19,24);1H. The molecule has 0 spiro atoms. The highest BCUT2D eigenvalue weighted by molar-refractivity contribution is 6.32. The fraction of sp³-hybridized carbons (Fsp3) is 0.467. The van der Waals surface area contributed by atoms with Crippen molar-refractivity contribution in [2.75, 3.05) is 6.61 Å².